The lowest BCUT2D eigenvalue weighted by Crippen LogP contribution is -2.04. The van der Waals surface area contributed by atoms with Gasteiger partial charge in [-0.2, -0.15) is 0 Å². The lowest BCUT2D eigenvalue weighted by atomic mass is 10.2. The van der Waals surface area contributed by atoms with Crippen molar-refractivity contribution in [3.8, 4) is 5.75 Å². The van der Waals surface area contributed by atoms with Crippen molar-refractivity contribution in [3.05, 3.63) is 53.7 Å². The number of hydrogen-bond acceptors (Lipinski definition) is 3. The predicted molar refractivity (Wildman–Crippen MR) is 77.2 cm³/mol. The van der Waals surface area contributed by atoms with Gasteiger partial charge in [-0.25, -0.2) is 8.42 Å². The first-order valence-electron chi connectivity index (χ1n) is 6.46. The Morgan fingerprint density at radius 1 is 1.10 bits per heavy atom. The number of aryl methyl sites for hydroxylation is 1. The van der Waals surface area contributed by atoms with Gasteiger partial charge in [0, 0.05) is 29.9 Å². The average Bonchev–Trinajstić information content (AvgIpc) is 3.04. The maximum atomic E-state index is 11.7. The van der Waals surface area contributed by atoms with Gasteiger partial charge in [-0.3, -0.25) is 0 Å². The molecular formula is C15H15NO3S. The highest BCUT2D eigenvalue weighted by molar-refractivity contribution is 7.94. The number of ether oxygens (including phenoxy) is 1. The molecule has 0 N–H and O–H groups in total. The van der Waals surface area contributed by atoms with Crippen LogP contribution in [-0.2, 0) is 16.4 Å². The van der Waals surface area contributed by atoms with E-state index in [4.69, 9.17) is 4.74 Å². The third-order valence-corrected chi connectivity index (χ3v) is 4.69. The summed E-state index contributed by atoms with van der Waals surface area (Å²) in [4.78, 5) is 0.334. The molecule has 0 spiro atoms. The molecule has 0 aliphatic carbocycles. The molecule has 0 unspecified atom stereocenters. The minimum Gasteiger partial charge on any atom is -0.493 e. The number of sulfone groups is 1. The highest BCUT2D eigenvalue weighted by atomic mass is 32.2. The monoisotopic (exact) mass is 289 g/mol. The molecule has 0 saturated carbocycles. The predicted octanol–water partition coefficient (Wildman–Crippen LogP) is 2.72. The van der Waals surface area contributed by atoms with E-state index in [9.17, 15) is 8.42 Å². The van der Waals surface area contributed by atoms with Crippen molar-refractivity contribution in [2.75, 3.05) is 6.61 Å². The van der Waals surface area contributed by atoms with E-state index in [-0.39, 0.29) is 0 Å². The van der Waals surface area contributed by atoms with Gasteiger partial charge in [0.1, 0.15) is 5.75 Å². The fourth-order valence-electron chi connectivity index (χ4n) is 2.24. The Hall–Kier alpha value is -2.01. The second kappa shape index (κ2) is 5.17. The van der Waals surface area contributed by atoms with Crippen molar-refractivity contribution in [2.24, 2.45) is 0 Å². The van der Waals surface area contributed by atoms with Gasteiger partial charge >= 0.3 is 0 Å². The maximum absolute atomic E-state index is 11.7. The quantitative estimate of drug-likeness (QED) is 0.795. The summed E-state index contributed by atoms with van der Waals surface area (Å²) in [6.45, 7) is 1.44. The Kier molecular flexibility index (Phi) is 3.36. The Labute approximate surface area is 118 Å². The van der Waals surface area contributed by atoms with Crippen LogP contribution in [0.4, 0.5) is 0 Å². The minimum absolute atomic E-state index is 0.334. The van der Waals surface area contributed by atoms with Crippen molar-refractivity contribution in [1.29, 1.82) is 0 Å². The number of benzene rings is 1. The van der Waals surface area contributed by atoms with Gasteiger partial charge in [-0.1, -0.05) is 6.07 Å². The van der Waals surface area contributed by atoms with E-state index in [2.05, 4.69) is 4.57 Å². The van der Waals surface area contributed by atoms with Crippen LogP contribution in [0.1, 0.15) is 12.0 Å². The molecule has 0 bridgehead atoms. The van der Waals surface area contributed by atoms with E-state index in [1.807, 2.05) is 24.5 Å². The minimum atomic E-state index is -3.26. The van der Waals surface area contributed by atoms with Crippen molar-refractivity contribution in [1.82, 2.24) is 4.57 Å². The lowest BCUT2D eigenvalue weighted by molar-refractivity contribution is 0.300. The number of fused-ring (bicyclic) bond motifs is 1. The van der Waals surface area contributed by atoms with Crippen LogP contribution in [0.15, 0.2) is 53.0 Å². The summed E-state index contributed by atoms with van der Waals surface area (Å²) >= 11 is 0. The maximum Gasteiger partial charge on any atom is 0.200 e. The largest absolute Gasteiger partial charge is 0.493 e. The SMILES string of the molecule is O=S1(=O)C=Cc2c(OCCCn3cccc3)cccc21. The molecule has 104 valence electrons. The molecule has 20 heavy (non-hydrogen) atoms. The fraction of sp³-hybridized carbons (Fsp3) is 0.200. The van der Waals surface area contributed by atoms with E-state index < -0.39 is 9.84 Å². The van der Waals surface area contributed by atoms with Gasteiger partial charge in [-0.15, -0.1) is 0 Å². The van der Waals surface area contributed by atoms with Gasteiger partial charge in [0.15, 0.2) is 0 Å². The third-order valence-electron chi connectivity index (χ3n) is 3.23. The highest BCUT2D eigenvalue weighted by Gasteiger charge is 2.23. The van der Waals surface area contributed by atoms with E-state index >= 15 is 0 Å². The summed E-state index contributed by atoms with van der Waals surface area (Å²) in [6.07, 6.45) is 6.49. The zero-order chi connectivity index (χ0) is 14.0. The third kappa shape index (κ3) is 2.49. The molecule has 0 fully saturated rings. The molecule has 0 radical (unpaired) electrons. The molecule has 2 aromatic rings. The zero-order valence-corrected chi connectivity index (χ0v) is 11.7. The molecular weight excluding hydrogens is 274 g/mol. The Morgan fingerprint density at radius 2 is 1.90 bits per heavy atom. The summed E-state index contributed by atoms with van der Waals surface area (Å²) in [6, 6.07) is 9.10. The Balaban J connectivity index is 1.65. The van der Waals surface area contributed by atoms with E-state index in [0.717, 1.165) is 13.0 Å². The second-order valence-corrected chi connectivity index (χ2v) is 6.44. The molecule has 0 saturated heterocycles. The van der Waals surface area contributed by atoms with Gasteiger partial charge in [-0.05, 0) is 36.8 Å². The smallest absolute Gasteiger partial charge is 0.200 e. The first-order chi connectivity index (χ1) is 9.67. The normalized spacial score (nSPS) is 15.2. The average molecular weight is 289 g/mol. The van der Waals surface area contributed by atoms with Crippen LogP contribution in [-0.4, -0.2) is 19.6 Å². The van der Waals surface area contributed by atoms with Gasteiger partial charge in [0.05, 0.1) is 11.5 Å². The number of hydrogen-bond donors (Lipinski definition) is 0. The first kappa shape index (κ1) is 13.0. The summed E-state index contributed by atoms with van der Waals surface area (Å²) in [7, 11) is -3.26. The van der Waals surface area contributed by atoms with Crippen LogP contribution in [0.2, 0.25) is 0 Å². The van der Waals surface area contributed by atoms with Crippen LogP contribution >= 0.6 is 0 Å². The fourth-order valence-corrected chi connectivity index (χ4v) is 3.45. The van der Waals surface area contributed by atoms with E-state index in [1.165, 1.54) is 5.41 Å². The van der Waals surface area contributed by atoms with Gasteiger partial charge in [0.2, 0.25) is 9.84 Å². The molecule has 4 nitrogen and oxygen atoms in total. The standard InChI is InChI=1S/C15H15NO3S/c17-20(18)12-7-13-14(5-3-6-15(13)20)19-11-4-10-16-8-1-2-9-16/h1-3,5-9,12H,4,10-11H2. The first-order valence-corrected chi connectivity index (χ1v) is 8.01. The van der Waals surface area contributed by atoms with Crippen LogP contribution in [0, 0.1) is 0 Å². The summed E-state index contributed by atoms with van der Waals surface area (Å²) in [5.41, 5.74) is 0.661. The Bertz CT molecular complexity index is 730. The summed E-state index contributed by atoms with van der Waals surface area (Å²) < 4.78 is 31.3. The van der Waals surface area contributed by atoms with Crippen LogP contribution < -0.4 is 4.74 Å². The summed E-state index contributed by atoms with van der Waals surface area (Å²) in [5.74, 6) is 0.632. The van der Waals surface area contributed by atoms with Gasteiger partial charge < -0.3 is 9.30 Å². The molecule has 0 atom stereocenters. The number of aromatic nitrogens is 1. The summed E-state index contributed by atoms with van der Waals surface area (Å²) in [5, 5.41) is 1.23. The van der Waals surface area contributed by atoms with Crippen molar-refractivity contribution in [2.45, 2.75) is 17.9 Å². The van der Waals surface area contributed by atoms with Crippen LogP contribution in [0.25, 0.3) is 6.08 Å². The lowest BCUT2D eigenvalue weighted by Gasteiger charge is -2.10. The molecule has 1 aromatic carbocycles. The highest BCUT2D eigenvalue weighted by Crippen LogP contribution is 2.33. The molecule has 3 rings (SSSR count). The molecule has 2 heterocycles. The van der Waals surface area contributed by atoms with E-state index in [1.54, 1.807) is 24.3 Å². The molecule has 0 amide bonds. The number of nitrogens with zero attached hydrogens (tertiary/aromatic N) is 1. The van der Waals surface area contributed by atoms with Gasteiger partial charge in [0.25, 0.3) is 0 Å². The molecule has 1 aliphatic heterocycles. The van der Waals surface area contributed by atoms with E-state index in [0.29, 0.717) is 22.8 Å². The van der Waals surface area contributed by atoms with Crippen LogP contribution in [0.3, 0.4) is 0 Å². The molecule has 1 aromatic heterocycles. The van der Waals surface area contributed by atoms with Crippen molar-refractivity contribution >= 4 is 15.9 Å². The molecule has 1 aliphatic rings. The second-order valence-electron chi connectivity index (χ2n) is 4.64. The Morgan fingerprint density at radius 3 is 2.70 bits per heavy atom. The van der Waals surface area contributed by atoms with Crippen molar-refractivity contribution in [3.63, 3.8) is 0 Å². The topological polar surface area (TPSA) is 48.3 Å². The zero-order valence-electron chi connectivity index (χ0n) is 10.9. The number of rotatable bonds is 5. The van der Waals surface area contributed by atoms with Crippen molar-refractivity contribution < 1.29 is 13.2 Å². The molecule has 5 heteroatoms. The van der Waals surface area contributed by atoms with Crippen LogP contribution in [0.5, 0.6) is 5.75 Å².